The van der Waals surface area contributed by atoms with E-state index in [9.17, 15) is 4.79 Å². The summed E-state index contributed by atoms with van der Waals surface area (Å²) in [5.41, 5.74) is 0. The molecule has 0 aromatic carbocycles. The molecule has 0 bridgehead atoms. The standard InChI is InChI=1S/C14H25N5O3/c1-12-16-17-14(22-12)11-19-7-5-18(6-8-19)10-13(20)15-4-3-9-21-2/h3-11H2,1-2H3,(H,15,20). The van der Waals surface area contributed by atoms with Crippen molar-refractivity contribution in [3.63, 3.8) is 0 Å². The average Bonchev–Trinajstić information content (AvgIpc) is 2.91. The smallest absolute Gasteiger partial charge is 0.234 e. The van der Waals surface area contributed by atoms with Crippen LogP contribution in [0.3, 0.4) is 0 Å². The molecule has 1 aliphatic heterocycles. The number of nitrogens with zero attached hydrogens (tertiary/aromatic N) is 4. The Kier molecular flexibility index (Phi) is 6.75. The van der Waals surface area contributed by atoms with Crippen molar-refractivity contribution in [2.24, 2.45) is 0 Å². The number of hydrogen-bond donors (Lipinski definition) is 1. The third kappa shape index (κ3) is 5.70. The fraction of sp³-hybridized carbons (Fsp3) is 0.786. The van der Waals surface area contributed by atoms with E-state index in [4.69, 9.17) is 9.15 Å². The second-order valence-electron chi connectivity index (χ2n) is 5.46. The van der Waals surface area contributed by atoms with E-state index in [0.29, 0.717) is 38.0 Å². The van der Waals surface area contributed by atoms with Crippen LogP contribution in [0.2, 0.25) is 0 Å². The highest BCUT2D eigenvalue weighted by molar-refractivity contribution is 5.77. The molecule has 1 N–H and O–H groups in total. The normalized spacial score (nSPS) is 16.8. The van der Waals surface area contributed by atoms with Crippen molar-refractivity contribution in [1.29, 1.82) is 0 Å². The van der Waals surface area contributed by atoms with Crippen molar-refractivity contribution < 1.29 is 13.9 Å². The minimum atomic E-state index is 0.0806. The molecule has 0 unspecified atom stereocenters. The van der Waals surface area contributed by atoms with Crippen LogP contribution < -0.4 is 5.32 Å². The van der Waals surface area contributed by atoms with Crippen molar-refractivity contribution in [3.8, 4) is 0 Å². The molecule has 1 fully saturated rings. The number of carbonyl (C=O) groups is 1. The number of carbonyl (C=O) groups excluding carboxylic acids is 1. The summed E-state index contributed by atoms with van der Waals surface area (Å²) in [6.07, 6.45) is 0.847. The van der Waals surface area contributed by atoms with Gasteiger partial charge in [-0.3, -0.25) is 14.6 Å². The number of ether oxygens (including phenoxy) is 1. The second-order valence-corrected chi connectivity index (χ2v) is 5.46. The molecule has 0 radical (unpaired) electrons. The van der Waals surface area contributed by atoms with Crippen LogP contribution in [0.1, 0.15) is 18.2 Å². The van der Waals surface area contributed by atoms with Crippen LogP contribution in [0.15, 0.2) is 4.42 Å². The summed E-state index contributed by atoms with van der Waals surface area (Å²) in [6, 6.07) is 0. The highest BCUT2D eigenvalue weighted by Gasteiger charge is 2.20. The van der Waals surface area contributed by atoms with Gasteiger partial charge in [-0.15, -0.1) is 10.2 Å². The summed E-state index contributed by atoms with van der Waals surface area (Å²) in [4.78, 5) is 16.2. The quantitative estimate of drug-likeness (QED) is 0.657. The maximum absolute atomic E-state index is 11.8. The number of methoxy groups -OCH3 is 1. The minimum absolute atomic E-state index is 0.0806. The summed E-state index contributed by atoms with van der Waals surface area (Å²) >= 11 is 0. The van der Waals surface area contributed by atoms with Gasteiger partial charge in [-0.05, 0) is 6.42 Å². The van der Waals surface area contributed by atoms with Gasteiger partial charge in [0.15, 0.2) is 0 Å². The fourth-order valence-corrected chi connectivity index (χ4v) is 2.40. The molecule has 1 aromatic heterocycles. The number of amides is 1. The first kappa shape index (κ1) is 16.9. The molecule has 1 saturated heterocycles. The Labute approximate surface area is 130 Å². The van der Waals surface area contributed by atoms with Gasteiger partial charge >= 0.3 is 0 Å². The van der Waals surface area contributed by atoms with Gasteiger partial charge in [0.2, 0.25) is 17.7 Å². The summed E-state index contributed by atoms with van der Waals surface area (Å²) in [5.74, 6) is 1.33. The summed E-state index contributed by atoms with van der Waals surface area (Å²) < 4.78 is 10.3. The van der Waals surface area contributed by atoms with Crippen molar-refractivity contribution in [2.45, 2.75) is 19.9 Å². The van der Waals surface area contributed by atoms with Gasteiger partial charge in [0.25, 0.3) is 0 Å². The summed E-state index contributed by atoms with van der Waals surface area (Å²) in [7, 11) is 1.66. The van der Waals surface area contributed by atoms with Crippen LogP contribution in [0.4, 0.5) is 0 Å². The van der Waals surface area contributed by atoms with Gasteiger partial charge in [-0.1, -0.05) is 0 Å². The maximum atomic E-state index is 11.8. The number of hydrogen-bond acceptors (Lipinski definition) is 7. The molecule has 1 aliphatic rings. The zero-order chi connectivity index (χ0) is 15.8. The van der Waals surface area contributed by atoms with Crippen LogP contribution in [0.5, 0.6) is 0 Å². The van der Waals surface area contributed by atoms with E-state index in [1.807, 2.05) is 0 Å². The zero-order valence-corrected chi connectivity index (χ0v) is 13.4. The Hall–Kier alpha value is -1.51. The molecule has 0 atom stereocenters. The largest absolute Gasteiger partial charge is 0.424 e. The summed E-state index contributed by atoms with van der Waals surface area (Å²) in [5, 5.41) is 10.8. The first-order valence-electron chi connectivity index (χ1n) is 7.66. The van der Waals surface area contributed by atoms with Gasteiger partial charge in [-0.25, -0.2) is 0 Å². The van der Waals surface area contributed by atoms with E-state index < -0.39 is 0 Å². The zero-order valence-electron chi connectivity index (χ0n) is 13.4. The maximum Gasteiger partial charge on any atom is 0.234 e. The third-order valence-electron chi connectivity index (χ3n) is 3.61. The third-order valence-corrected chi connectivity index (χ3v) is 3.61. The Morgan fingerprint density at radius 1 is 1.27 bits per heavy atom. The topological polar surface area (TPSA) is 83.7 Å². The fourth-order valence-electron chi connectivity index (χ4n) is 2.40. The molecule has 8 heteroatoms. The monoisotopic (exact) mass is 311 g/mol. The molecule has 1 amide bonds. The Morgan fingerprint density at radius 3 is 2.64 bits per heavy atom. The molecule has 22 heavy (non-hydrogen) atoms. The van der Waals surface area contributed by atoms with Crippen LogP contribution in [0.25, 0.3) is 0 Å². The number of aryl methyl sites for hydroxylation is 1. The van der Waals surface area contributed by atoms with Crippen molar-refractivity contribution in [3.05, 3.63) is 11.8 Å². The first-order chi connectivity index (χ1) is 10.7. The molecule has 1 aromatic rings. The lowest BCUT2D eigenvalue weighted by Gasteiger charge is -2.33. The lowest BCUT2D eigenvalue weighted by molar-refractivity contribution is -0.122. The lowest BCUT2D eigenvalue weighted by atomic mass is 10.3. The molecule has 2 rings (SSSR count). The van der Waals surface area contributed by atoms with Crippen molar-refractivity contribution in [2.75, 3.05) is 53.0 Å². The van der Waals surface area contributed by atoms with E-state index in [1.165, 1.54) is 0 Å². The number of nitrogens with one attached hydrogen (secondary N) is 1. The number of rotatable bonds is 8. The van der Waals surface area contributed by atoms with Crippen LogP contribution in [-0.2, 0) is 16.1 Å². The molecular formula is C14H25N5O3. The molecule has 2 heterocycles. The van der Waals surface area contributed by atoms with E-state index >= 15 is 0 Å². The number of aromatic nitrogens is 2. The first-order valence-corrected chi connectivity index (χ1v) is 7.66. The highest BCUT2D eigenvalue weighted by atomic mass is 16.5. The molecular weight excluding hydrogens is 286 g/mol. The average molecular weight is 311 g/mol. The van der Waals surface area contributed by atoms with Gasteiger partial charge in [0.1, 0.15) is 0 Å². The van der Waals surface area contributed by atoms with Crippen molar-refractivity contribution in [1.82, 2.24) is 25.3 Å². The van der Waals surface area contributed by atoms with E-state index in [1.54, 1.807) is 14.0 Å². The van der Waals surface area contributed by atoms with Gasteiger partial charge in [0.05, 0.1) is 13.1 Å². The Balaban J connectivity index is 1.61. The molecule has 124 valence electrons. The Bertz CT molecular complexity index is 457. The van der Waals surface area contributed by atoms with Gasteiger partial charge in [0, 0.05) is 53.4 Å². The highest BCUT2D eigenvalue weighted by Crippen LogP contribution is 2.07. The van der Waals surface area contributed by atoms with Crippen LogP contribution in [-0.4, -0.2) is 78.9 Å². The minimum Gasteiger partial charge on any atom is -0.424 e. The number of piperazine rings is 1. The van der Waals surface area contributed by atoms with Crippen molar-refractivity contribution >= 4 is 5.91 Å². The van der Waals surface area contributed by atoms with E-state index in [0.717, 1.165) is 32.6 Å². The lowest BCUT2D eigenvalue weighted by Crippen LogP contribution is -2.49. The molecule has 0 aliphatic carbocycles. The van der Waals surface area contributed by atoms with Gasteiger partial charge < -0.3 is 14.5 Å². The predicted octanol–water partition coefficient (Wildman–Crippen LogP) is -0.352. The van der Waals surface area contributed by atoms with E-state index in [2.05, 4.69) is 25.3 Å². The molecule has 8 nitrogen and oxygen atoms in total. The molecule has 0 spiro atoms. The van der Waals surface area contributed by atoms with Crippen LogP contribution >= 0.6 is 0 Å². The Morgan fingerprint density at radius 2 is 2.00 bits per heavy atom. The molecule has 0 saturated carbocycles. The van der Waals surface area contributed by atoms with E-state index in [-0.39, 0.29) is 5.91 Å². The second kappa shape index (κ2) is 8.82. The predicted molar refractivity (Wildman–Crippen MR) is 80.3 cm³/mol. The van der Waals surface area contributed by atoms with Gasteiger partial charge in [-0.2, -0.15) is 0 Å². The SMILES string of the molecule is COCCCNC(=O)CN1CCN(Cc2nnc(C)o2)CC1. The summed E-state index contributed by atoms with van der Waals surface area (Å²) in [6.45, 7) is 7.82. The van der Waals surface area contributed by atoms with Crippen LogP contribution in [0, 0.1) is 6.92 Å².